The number of hydrogen-bond acceptors (Lipinski definition) is 3. The predicted molar refractivity (Wildman–Crippen MR) is 105 cm³/mol. The third-order valence-corrected chi connectivity index (χ3v) is 9.98. The van der Waals surface area contributed by atoms with E-state index < -0.39 is 15.9 Å². The van der Waals surface area contributed by atoms with E-state index >= 15 is 4.39 Å². The molecule has 148 valence electrons. The van der Waals surface area contributed by atoms with Gasteiger partial charge in [-0.1, -0.05) is 48.4 Å². The average molecular weight is 439 g/mol. The van der Waals surface area contributed by atoms with Crippen molar-refractivity contribution in [2.45, 2.75) is 75.9 Å². The Morgan fingerprint density at radius 2 is 2.04 bits per heavy atom. The summed E-state index contributed by atoms with van der Waals surface area (Å²) in [6, 6.07) is 0. The van der Waals surface area contributed by atoms with Crippen LogP contribution in [0.4, 0.5) is 4.39 Å². The van der Waals surface area contributed by atoms with Crippen LogP contribution in [0.1, 0.15) is 59.3 Å². The summed E-state index contributed by atoms with van der Waals surface area (Å²) in [4.78, 5) is 23.8. The van der Waals surface area contributed by atoms with Gasteiger partial charge >= 0.3 is 5.97 Å². The van der Waals surface area contributed by atoms with E-state index in [-0.39, 0.29) is 29.2 Å². The van der Waals surface area contributed by atoms with Crippen LogP contribution in [-0.2, 0) is 14.3 Å². The van der Waals surface area contributed by atoms with Crippen molar-refractivity contribution in [1.29, 1.82) is 0 Å². The van der Waals surface area contributed by atoms with Crippen LogP contribution in [-0.4, -0.2) is 28.4 Å². The molecule has 4 aliphatic carbocycles. The van der Waals surface area contributed by atoms with Crippen molar-refractivity contribution >= 4 is 27.7 Å². The second-order valence-corrected chi connectivity index (χ2v) is 10.5. The molecule has 4 rings (SSSR count). The molecular weight excluding hydrogens is 411 g/mol. The quantitative estimate of drug-likeness (QED) is 0.445. The van der Waals surface area contributed by atoms with Crippen LogP contribution in [0.2, 0.25) is 0 Å². The van der Waals surface area contributed by atoms with Gasteiger partial charge in [0.15, 0.2) is 5.78 Å². The largest absolute Gasteiger partial charge is 0.462 e. The highest BCUT2D eigenvalue weighted by Gasteiger charge is 2.69. The van der Waals surface area contributed by atoms with E-state index in [0.29, 0.717) is 18.8 Å². The van der Waals surface area contributed by atoms with Gasteiger partial charge in [0.2, 0.25) is 0 Å². The molecule has 3 saturated carbocycles. The lowest BCUT2D eigenvalue weighted by atomic mass is 9.47. The van der Waals surface area contributed by atoms with Gasteiger partial charge in [-0.05, 0) is 56.1 Å². The van der Waals surface area contributed by atoms with E-state index in [1.165, 1.54) is 0 Å². The first-order chi connectivity index (χ1) is 12.7. The topological polar surface area (TPSA) is 43.4 Å². The number of ether oxygens (including phenoxy) is 1. The van der Waals surface area contributed by atoms with Crippen molar-refractivity contribution in [2.75, 3.05) is 0 Å². The molecule has 27 heavy (non-hydrogen) atoms. The van der Waals surface area contributed by atoms with Gasteiger partial charge in [0.25, 0.3) is 0 Å². The summed E-state index contributed by atoms with van der Waals surface area (Å²) >= 11 is 3.91. The first kappa shape index (κ1) is 19.4. The zero-order chi connectivity index (χ0) is 19.6. The first-order valence-corrected chi connectivity index (χ1v) is 10.9. The second kappa shape index (κ2) is 6.27. The standard InChI is InChI=1S/C22H28BrFO3/c1-4-19(26)27-18-8-7-15-16-6-5-13-11-14(25)9-10-21(13,3)22(16,23)17(24)12-20(15,18)2/h9-11,15-18H,4-8,12H2,1-3H3/t15-,16-,17+,18-,20-,21-,22-/m0/s1. The molecule has 0 unspecified atom stereocenters. The Balaban J connectivity index is 1.72. The number of allylic oxidation sites excluding steroid dienone is 4. The highest BCUT2D eigenvalue weighted by molar-refractivity contribution is 9.10. The molecule has 3 fully saturated rings. The smallest absolute Gasteiger partial charge is 0.305 e. The Morgan fingerprint density at radius 3 is 2.74 bits per heavy atom. The Morgan fingerprint density at radius 1 is 1.30 bits per heavy atom. The van der Waals surface area contributed by atoms with Crippen LogP contribution in [0.3, 0.4) is 0 Å². The fourth-order valence-corrected chi connectivity index (χ4v) is 7.63. The highest BCUT2D eigenvalue weighted by Crippen LogP contribution is 2.70. The maximum atomic E-state index is 16.0. The molecule has 0 heterocycles. The molecule has 0 aromatic heterocycles. The molecule has 0 spiro atoms. The van der Waals surface area contributed by atoms with E-state index in [0.717, 1.165) is 31.3 Å². The Hall–Kier alpha value is -0.970. The predicted octanol–water partition coefficient (Wildman–Crippen LogP) is 5.08. The van der Waals surface area contributed by atoms with Crippen molar-refractivity contribution in [1.82, 2.24) is 0 Å². The summed E-state index contributed by atoms with van der Waals surface area (Å²) < 4.78 is 21.0. The van der Waals surface area contributed by atoms with Crippen molar-refractivity contribution in [2.24, 2.45) is 22.7 Å². The van der Waals surface area contributed by atoms with Gasteiger partial charge in [0, 0.05) is 17.3 Å². The number of alkyl halides is 2. The summed E-state index contributed by atoms with van der Waals surface area (Å²) in [6.07, 6.45) is 8.15. The molecule has 3 nitrogen and oxygen atoms in total. The van der Waals surface area contributed by atoms with Crippen LogP contribution in [0, 0.1) is 22.7 Å². The number of carbonyl (C=O) groups is 2. The Kier molecular flexibility index (Phi) is 4.49. The Labute approximate surface area is 168 Å². The molecule has 0 N–H and O–H groups in total. The van der Waals surface area contributed by atoms with E-state index in [9.17, 15) is 9.59 Å². The van der Waals surface area contributed by atoms with Gasteiger partial charge < -0.3 is 4.74 Å². The molecule has 0 aliphatic heterocycles. The number of carbonyl (C=O) groups excluding carboxylic acids is 2. The summed E-state index contributed by atoms with van der Waals surface area (Å²) in [5.41, 5.74) is 0.224. The van der Waals surface area contributed by atoms with Gasteiger partial charge in [0.1, 0.15) is 12.3 Å². The van der Waals surface area contributed by atoms with Crippen LogP contribution in [0.15, 0.2) is 23.8 Å². The molecule has 0 saturated heterocycles. The summed E-state index contributed by atoms with van der Waals surface area (Å²) in [6.45, 7) is 5.98. The van der Waals surface area contributed by atoms with Crippen LogP contribution in [0.5, 0.6) is 0 Å². The molecule has 5 heteroatoms. The summed E-state index contributed by atoms with van der Waals surface area (Å²) in [5, 5.41) is 0. The SMILES string of the molecule is CCC(=O)O[C@H]1CC[C@H]2[C@@H]3CCC4=CC(=O)C=C[C@]4(C)[C@@]3(Br)[C@H](F)C[C@]12C. The van der Waals surface area contributed by atoms with Crippen molar-refractivity contribution in [3.63, 3.8) is 0 Å². The summed E-state index contributed by atoms with van der Waals surface area (Å²) in [7, 11) is 0. The van der Waals surface area contributed by atoms with Crippen LogP contribution in [0.25, 0.3) is 0 Å². The third kappa shape index (κ3) is 2.49. The van der Waals surface area contributed by atoms with Gasteiger partial charge in [-0.3, -0.25) is 9.59 Å². The fraction of sp³-hybridized carbons (Fsp3) is 0.727. The fourth-order valence-electron chi connectivity index (χ4n) is 6.53. The average Bonchev–Trinajstić information content (AvgIpc) is 2.93. The molecule has 4 aliphatic rings. The van der Waals surface area contributed by atoms with E-state index in [1.54, 1.807) is 19.1 Å². The van der Waals surface area contributed by atoms with Gasteiger partial charge in [-0.25, -0.2) is 4.39 Å². The van der Waals surface area contributed by atoms with E-state index in [2.05, 4.69) is 29.8 Å². The van der Waals surface area contributed by atoms with Crippen molar-refractivity contribution < 1.29 is 18.7 Å². The highest BCUT2D eigenvalue weighted by atomic mass is 79.9. The maximum absolute atomic E-state index is 16.0. The van der Waals surface area contributed by atoms with Gasteiger partial charge in [0.05, 0.1) is 4.32 Å². The normalized spacial score (nSPS) is 48.3. The number of rotatable bonds is 2. The molecule has 0 radical (unpaired) electrons. The van der Waals surface area contributed by atoms with Crippen molar-refractivity contribution in [3.8, 4) is 0 Å². The number of fused-ring (bicyclic) bond motifs is 5. The molecule has 0 aromatic carbocycles. The number of ketones is 1. The third-order valence-electron chi connectivity index (χ3n) is 8.07. The lowest BCUT2D eigenvalue weighted by molar-refractivity contribution is -0.160. The van der Waals surface area contributed by atoms with E-state index in [4.69, 9.17) is 4.74 Å². The monoisotopic (exact) mass is 438 g/mol. The van der Waals surface area contributed by atoms with Crippen LogP contribution < -0.4 is 0 Å². The van der Waals surface area contributed by atoms with Gasteiger partial charge in [-0.15, -0.1) is 0 Å². The lowest BCUT2D eigenvalue weighted by Gasteiger charge is -2.62. The second-order valence-electron chi connectivity index (χ2n) is 9.21. The zero-order valence-corrected chi connectivity index (χ0v) is 17.9. The first-order valence-electron chi connectivity index (χ1n) is 10.1. The number of halogens is 2. The number of esters is 1. The molecule has 7 atom stereocenters. The van der Waals surface area contributed by atoms with E-state index in [1.807, 2.05) is 6.08 Å². The maximum Gasteiger partial charge on any atom is 0.305 e. The summed E-state index contributed by atoms with van der Waals surface area (Å²) in [5.74, 6) is 0.266. The molecular formula is C22H28BrFO3. The minimum Gasteiger partial charge on any atom is -0.462 e. The molecule has 0 aromatic rings. The number of hydrogen-bond donors (Lipinski definition) is 0. The molecule has 0 amide bonds. The lowest BCUT2D eigenvalue weighted by Crippen LogP contribution is -2.65. The minimum atomic E-state index is -1.07. The van der Waals surface area contributed by atoms with Gasteiger partial charge in [-0.2, -0.15) is 0 Å². The Bertz CT molecular complexity index is 746. The van der Waals surface area contributed by atoms with Crippen LogP contribution >= 0.6 is 15.9 Å². The molecule has 0 bridgehead atoms. The zero-order valence-electron chi connectivity index (χ0n) is 16.3. The minimum absolute atomic E-state index is 0.000453. The van der Waals surface area contributed by atoms with Crippen molar-refractivity contribution in [3.05, 3.63) is 23.8 Å².